The first-order valence-corrected chi connectivity index (χ1v) is 5.63. The van der Waals surface area contributed by atoms with Crippen molar-refractivity contribution in [2.75, 3.05) is 5.33 Å². The van der Waals surface area contributed by atoms with Gasteiger partial charge in [-0.05, 0) is 17.7 Å². The highest BCUT2D eigenvalue weighted by molar-refractivity contribution is 9.09. The number of Topliss-reactive ketones (excluding diaryl/α,β-unsaturated/α-hetero) is 1. The van der Waals surface area contributed by atoms with E-state index in [1.54, 1.807) is 12.1 Å². The van der Waals surface area contributed by atoms with E-state index in [-0.39, 0.29) is 5.78 Å². The van der Waals surface area contributed by atoms with Gasteiger partial charge >= 0.3 is 0 Å². The lowest BCUT2D eigenvalue weighted by Crippen LogP contribution is -2.03. The lowest BCUT2D eigenvalue weighted by Gasteiger charge is -2.01. The molecule has 0 atom stereocenters. The largest absolute Gasteiger partial charge is 0.298 e. The van der Waals surface area contributed by atoms with Gasteiger partial charge in [-0.15, -0.1) is 12.6 Å². The molecule has 0 saturated heterocycles. The molecule has 4 heteroatoms. The van der Waals surface area contributed by atoms with E-state index in [2.05, 4.69) is 28.6 Å². The van der Waals surface area contributed by atoms with Gasteiger partial charge in [0.25, 0.3) is 0 Å². The molecular weight excluding hydrogens is 272 g/mol. The molecular formula is C9H8BrClOS. The van der Waals surface area contributed by atoms with E-state index in [9.17, 15) is 4.79 Å². The average Bonchev–Trinajstić information content (AvgIpc) is 2.11. The summed E-state index contributed by atoms with van der Waals surface area (Å²) in [4.78, 5) is 11.8. The van der Waals surface area contributed by atoms with Crippen LogP contribution >= 0.6 is 40.2 Å². The van der Waals surface area contributed by atoms with Crippen molar-refractivity contribution < 1.29 is 4.79 Å². The van der Waals surface area contributed by atoms with Crippen LogP contribution in [0.3, 0.4) is 0 Å². The smallest absolute Gasteiger partial charge is 0.147 e. The molecule has 1 aromatic carbocycles. The summed E-state index contributed by atoms with van der Waals surface area (Å²) >= 11 is 13.1. The highest BCUT2D eigenvalue weighted by Crippen LogP contribution is 2.21. The molecule has 1 rings (SSSR count). The highest BCUT2D eigenvalue weighted by Gasteiger charge is 2.03. The number of carbonyl (C=O) groups excluding carboxylic acids is 1. The molecule has 0 aromatic heterocycles. The molecule has 0 fully saturated rings. The lowest BCUT2D eigenvalue weighted by molar-refractivity contribution is -0.115. The third kappa shape index (κ3) is 3.33. The Morgan fingerprint density at radius 2 is 2.23 bits per heavy atom. The second kappa shape index (κ2) is 5.03. The van der Waals surface area contributed by atoms with Crippen molar-refractivity contribution in [3.05, 3.63) is 28.8 Å². The lowest BCUT2D eigenvalue weighted by atomic mass is 10.1. The zero-order chi connectivity index (χ0) is 9.84. The number of carbonyl (C=O) groups is 1. The van der Waals surface area contributed by atoms with Crippen molar-refractivity contribution in [1.82, 2.24) is 0 Å². The maximum Gasteiger partial charge on any atom is 0.147 e. The van der Waals surface area contributed by atoms with Crippen molar-refractivity contribution in [2.24, 2.45) is 0 Å². The molecule has 1 aromatic rings. The van der Waals surface area contributed by atoms with E-state index in [1.807, 2.05) is 6.07 Å². The summed E-state index contributed by atoms with van der Waals surface area (Å²) in [6.07, 6.45) is 0.416. The average molecular weight is 280 g/mol. The molecule has 0 spiro atoms. The number of alkyl halides is 1. The predicted octanol–water partition coefficient (Wildman–Crippen LogP) is 3.14. The Balaban J connectivity index is 2.79. The van der Waals surface area contributed by atoms with Crippen LogP contribution in [-0.2, 0) is 11.2 Å². The van der Waals surface area contributed by atoms with Gasteiger partial charge in [0.15, 0.2) is 0 Å². The monoisotopic (exact) mass is 278 g/mol. The first-order valence-electron chi connectivity index (χ1n) is 3.68. The number of thiol groups is 1. The van der Waals surface area contributed by atoms with Crippen LogP contribution in [-0.4, -0.2) is 11.1 Å². The number of halogens is 2. The molecule has 1 nitrogen and oxygen atoms in total. The Kier molecular flexibility index (Phi) is 4.29. The van der Waals surface area contributed by atoms with Crippen LogP contribution in [0.4, 0.5) is 0 Å². The molecule has 0 radical (unpaired) electrons. The van der Waals surface area contributed by atoms with Crippen LogP contribution < -0.4 is 0 Å². The summed E-state index contributed by atoms with van der Waals surface area (Å²) in [6.45, 7) is 0. The van der Waals surface area contributed by atoms with Crippen LogP contribution in [0.2, 0.25) is 5.02 Å². The molecule has 0 saturated carbocycles. The first kappa shape index (κ1) is 11.1. The quantitative estimate of drug-likeness (QED) is 0.664. The molecule has 0 aliphatic heterocycles. The van der Waals surface area contributed by atoms with Crippen LogP contribution in [0.25, 0.3) is 0 Å². The highest BCUT2D eigenvalue weighted by atomic mass is 79.9. The Bertz CT molecular complexity index is 327. The first-order chi connectivity index (χ1) is 6.13. The van der Waals surface area contributed by atoms with Gasteiger partial charge in [-0.25, -0.2) is 0 Å². The van der Waals surface area contributed by atoms with Crippen molar-refractivity contribution >= 4 is 45.9 Å². The minimum atomic E-state index is 0.142. The van der Waals surface area contributed by atoms with Gasteiger partial charge in [0.2, 0.25) is 0 Å². The molecule has 0 bridgehead atoms. The fourth-order valence-electron chi connectivity index (χ4n) is 0.935. The van der Waals surface area contributed by atoms with E-state index in [4.69, 9.17) is 11.6 Å². The Morgan fingerprint density at radius 1 is 1.54 bits per heavy atom. The second-order valence-electron chi connectivity index (χ2n) is 2.63. The van der Waals surface area contributed by atoms with Crippen molar-refractivity contribution in [2.45, 2.75) is 11.3 Å². The maximum absolute atomic E-state index is 11.1. The number of benzene rings is 1. The van der Waals surface area contributed by atoms with E-state index >= 15 is 0 Å². The SMILES string of the molecule is O=C(CBr)Cc1ccc(S)c(Cl)c1. The summed E-state index contributed by atoms with van der Waals surface area (Å²) in [7, 11) is 0. The minimum absolute atomic E-state index is 0.142. The summed E-state index contributed by atoms with van der Waals surface area (Å²) < 4.78 is 0. The van der Waals surface area contributed by atoms with Gasteiger partial charge in [0, 0.05) is 11.3 Å². The molecule has 0 aliphatic carbocycles. The van der Waals surface area contributed by atoms with E-state index in [0.717, 1.165) is 10.5 Å². The Morgan fingerprint density at radius 3 is 2.77 bits per heavy atom. The van der Waals surface area contributed by atoms with Crippen molar-refractivity contribution in [3.8, 4) is 0 Å². The fourth-order valence-corrected chi connectivity index (χ4v) is 1.48. The van der Waals surface area contributed by atoms with E-state index in [1.165, 1.54) is 0 Å². The summed E-state index contributed by atoms with van der Waals surface area (Å²) in [5.74, 6) is 0.142. The molecule has 0 amide bonds. The Labute approximate surface area is 96.0 Å². The standard InChI is InChI=1S/C9H8BrClOS/c10-5-7(12)3-6-1-2-9(13)8(11)4-6/h1-2,4,13H,3,5H2. The predicted molar refractivity (Wildman–Crippen MR) is 61.2 cm³/mol. The number of rotatable bonds is 3. The summed E-state index contributed by atoms with van der Waals surface area (Å²) in [5.41, 5.74) is 0.923. The fraction of sp³-hybridized carbons (Fsp3) is 0.222. The molecule has 70 valence electrons. The topological polar surface area (TPSA) is 17.1 Å². The molecule has 0 unspecified atom stereocenters. The number of hydrogen-bond donors (Lipinski definition) is 1. The summed E-state index contributed by atoms with van der Waals surface area (Å²) in [6, 6.07) is 5.42. The molecule has 13 heavy (non-hydrogen) atoms. The van der Waals surface area contributed by atoms with Gasteiger partial charge in [-0.3, -0.25) is 4.79 Å². The second-order valence-corrected chi connectivity index (χ2v) is 4.08. The zero-order valence-corrected chi connectivity index (χ0v) is 9.99. The van der Waals surface area contributed by atoms with Gasteiger partial charge in [0.05, 0.1) is 10.4 Å². The normalized spacial score (nSPS) is 10.1. The van der Waals surface area contributed by atoms with Gasteiger partial charge in [0.1, 0.15) is 5.78 Å². The molecule has 0 heterocycles. The van der Waals surface area contributed by atoms with Gasteiger partial charge < -0.3 is 0 Å². The van der Waals surface area contributed by atoms with E-state index < -0.39 is 0 Å². The van der Waals surface area contributed by atoms with Crippen LogP contribution in [0.15, 0.2) is 23.1 Å². The molecule has 0 aliphatic rings. The maximum atomic E-state index is 11.1. The van der Waals surface area contributed by atoms with Gasteiger partial charge in [-0.1, -0.05) is 33.6 Å². The van der Waals surface area contributed by atoms with Crippen LogP contribution in [0.1, 0.15) is 5.56 Å². The van der Waals surface area contributed by atoms with Crippen LogP contribution in [0, 0.1) is 0 Å². The summed E-state index contributed by atoms with van der Waals surface area (Å²) in [5, 5.41) is 0.968. The third-order valence-corrected chi connectivity index (χ3v) is 3.02. The number of hydrogen-bond acceptors (Lipinski definition) is 2. The Hall–Kier alpha value is 0.01000. The van der Waals surface area contributed by atoms with Crippen LogP contribution in [0.5, 0.6) is 0 Å². The van der Waals surface area contributed by atoms with Gasteiger partial charge in [-0.2, -0.15) is 0 Å². The van der Waals surface area contributed by atoms with Crippen molar-refractivity contribution in [3.63, 3.8) is 0 Å². The van der Waals surface area contributed by atoms with Crippen molar-refractivity contribution in [1.29, 1.82) is 0 Å². The molecule has 0 N–H and O–H groups in total. The van der Waals surface area contributed by atoms with E-state index in [0.29, 0.717) is 16.8 Å². The third-order valence-electron chi connectivity index (χ3n) is 1.56. The minimum Gasteiger partial charge on any atom is -0.298 e. The zero-order valence-electron chi connectivity index (χ0n) is 6.76. The number of ketones is 1.